The van der Waals surface area contributed by atoms with Crippen LogP contribution in [0, 0.1) is 5.92 Å². The van der Waals surface area contributed by atoms with Crippen molar-refractivity contribution in [1.82, 2.24) is 4.72 Å². The molecule has 0 spiro atoms. The first kappa shape index (κ1) is 14.2. The molecular formula is C9H20ClNO2S. The highest BCUT2D eigenvalue weighted by Gasteiger charge is 2.15. The van der Waals surface area contributed by atoms with Crippen LogP contribution in [-0.4, -0.2) is 26.1 Å². The summed E-state index contributed by atoms with van der Waals surface area (Å²) in [4.78, 5) is 0. The maximum absolute atomic E-state index is 11.5. The first-order valence-electron chi connectivity index (χ1n) is 4.93. The van der Waals surface area contributed by atoms with Gasteiger partial charge in [0.2, 0.25) is 10.0 Å². The molecule has 1 unspecified atom stereocenters. The third-order valence-electron chi connectivity index (χ3n) is 1.70. The standard InChI is InChI=1S/C9H20ClNO2S/c1-8(2)7-14(12,13)11-9(3)5-4-6-10/h8-9,11H,4-7H2,1-3H3. The summed E-state index contributed by atoms with van der Waals surface area (Å²) < 4.78 is 25.6. The van der Waals surface area contributed by atoms with Gasteiger partial charge in [0.15, 0.2) is 0 Å². The molecule has 0 heterocycles. The average Bonchev–Trinajstić information content (AvgIpc) is 1.96. The summed E-state index contributed by atoms with van der Waals surface area (Å²) in [6.45, 7) is 5.65. The van der Waals surface area contributed by atoms with E-state index in [4.69, 9.17) is 11.6 Å². The zero-order valence-electron chi connectivity index (χ0n) is 9.09. The second kappa shape index (κ2) is 6.64. The normalized spacial score (nSPS) is 14.6. The molecule has 86 valence electrons. The van der Waals surface area contributed by atoms with Gasteiger partial charge < -0.3 is 0 Å². The van der Waals surface area contributed by atoms with Crippen LogP contribution in [0.5, 0.6) is 0 Å². The van der Waals surface area contributed by atoms with Gasteiger partial charge in [0, 0.05) is 11.9 Å². The predicted octanol–water partition coefficient (Wildman–Crippen LogP) is 1.97. The van der Waals surface area contributed by atoms with Crippen molar-refractivity contribution in [3.05, 3.63) is 0 Å². The maximum atomic E-state index is 11.5. The Bertz CT molecular complexity index is 239. The average molecular weight is 242 g/mol. The van der Waals surface area contributed by atoms with E-state index in [0.29, 0.717) is 5.88 Å². The van der Waals surface area contributed by atoms with Gasteiger partial charge in [-0.05, 0) is 25.7 Å². The number of halogens is 1. The van der Waals surface area contributed by atoms with E-state index in [1.54, 1.807) is 0 Å². The van der Waals surface area contributed by atoms with E-state index >= 15 is 0 Å². The topological polar surface area (TPSA) is 46.2 Å². The van der Waals surface area contributed by atoms with E-state index in [1.807, 2.05) is 20.8 Å². The van der Waals surface area contributed by atoms with Crippen LogP contribution >= 0.6 is 11.6 Å². The van der Waals surface area contributed by atoms with E-state index in [9.17, 15) is 8.42 Å². The van der Waals surface area contributed by atoms with Crippen molar-refractivity contribution in [2.75, 3.05) is 11.6 Å². The second-order valence-electron chi connectivity index (χ2n) is 4.03. The van der Waals surface area contributed by atoms with Gasteiger partial charge in [0.1, 0.15) is 0 Å². The van der Waals surface area contributed by atoms with Crippen LogP contribution in [0.3, 0.4) is 0 Å². The summed E-state index contributed by atoms with van der Waals surface area (Å²) in [5.74, 6) is 0.932. The minimum Gasteiger partial charge on any atom is -0.212 e. The first-order valence-corrected chi connectivity index (χ1v) is 7.12. The minimum absolute atomic E-state index is 0.0162. The lowest BCUT2D eigenvalue weighted by atomic mass is 10.2. The minimum atomic E-state index is -3.10. The molecule has 0 amide bonds. The molecule has 14 heavy (non-hydrogen) atoms. The summed E-state index contributed by atoms with van der Waals surface area (Å²) in [6, 6.07) is -0.0162. The third kappa shape index (κ3) is 7.59. The molecule has 0 aromatic heterocycles. The number of rotatable bonds is 7. The maximum Gasteiger partial charge on any atom is 0.212 e. The summed E-state index contributed by atoms with van der Waals surface area (Å²) in [6.07, 6.45) is 1.63. The van der Waals surface area contributed by atoms with Crippen molar-refractivity contribution in [2.45, 2.75) is 39.7 Å². The van der Waals surface area contributed by atoms with E-state index in [2.05, 4.69) is 4.72 Å². The van der Waals surface area contributed by atoms with Crippen molar-refractivity contribution < 1.29 is 8.42 Å². The number of hydrogen-bond donors (Lipinski definition) is 1. The number of nitrogens with one attached hydrogen (secondary N) is 1. The monoisotopic (exact) mass is 241 g/mol. The Morgan fingerprint density at radius 1 is 1.29 bits per heavy atom. The zero-order chi connectivity index (χ0) is 11.2. The van der Waals surface area contributed by atoms with Crippen LogP contribution in [0.15, 0.2) is 0 Å². The first-order chi connectivity index (χ1) is 6.37. The van der Waals surface area contributed by atoms with Crippen LogP contribution in [0.4, 0.5) is 0 Å². The van der Waals surface area contributed by atoms with E-state index < -0.39 is 10.0 Å². The van der Waals surface area contributed by atoms with Gasteiger partial charge in [-0.2, -0.15) is 0 Å². The van der Waals surface area contributed by atoms with Gasteiger partial charge >= 0.3 is 0 Å². The highest BCUT2D eigenvalue weighted by Crippen LogP contribution is 2.03. The van der Waals surface area contributed by atoms with Crippen molar-refractivity contribution in [3.8, 4) is 0 Å². The molecule has 0 saturated heterocycles. The van der Waals surface area contributed by atoms with Crippen molar-refractivity contribution in [2.24, 2.45) is 5.92 Å². The molecule has 3 nitrogen and oxygen atoms in total. The van der Waals surface area contributed by atoms with Crippen LogP contribution < -0.4 is 4.72 Å². The molecule has 0 rings (SSSR count). The number of sulfonamides is 1. The largest absolute Gasteiger partial charge is 0.212 e. The summed E-state index contributed by atoms with van der Waals surface area (Å²) >= 11 is 5.52. The lowest BCUT2D eigenvalue weighted by Gasteiger charge is -2.14. The van der Waals surface area contributed by atoms with Crippen LogP contribution in [0.1, 0.15) is 33.6 Å². The molecule has 0 bridgehead atoms. The summed E-state index contributed by atoms with van der Waals surface area (Å²) in [7, 11) is -3.10. The quantitative estimate of drug-likeness (QED) is 0.693. The highest BCUT2D eigenvalue weighted by atomic mass is 35.5. The van der Waals surface area contributed by atoms with Crippen LogP contribution in [0.25, 0.3) is 0 Å². The fourth-order valence-corrected chi connectivity index (χ4v) is 3.09. The van der Waals surface area contributed by atoms with E-state index in [-0.39, 0.29) is 17.7 Å². The fourth-order valence-electron chi connectivity index (χ4n) is 1.24. The Balaban J connectivity index is 3.96. The Hall–Kier alpha value is 0.200. The molecular weight excluding hydrogens is 222 g/mol. The molecule has 0 fully saturated rings. The van der Waals surface area contributed by atoms with E-state index in [0.717, 1.165) is 12.8 Å². The lowest BCUT2D eigenvalue weighted by molar-refractivity contribution is 0.535. The molecule has 0 aliphatic heterocycles. The van der Waals surface area contributed by atoms with Gasteiger partial charge in [-0.25, -0.2) is 13.1 Å². The Kier molecular flexibility index (Phi) is 6.74. The SMILES string of the molecule is CC(C)CS(=O)(=O)NC(C)CCCCl. The van der Waals surface area contributed by atoms with Crippen LogP contribution in [-0.2, 0) is 10.0 Å². The number of hydrogen-bond acceptors (Lipinski definition) is 2. The summed E-state index contributed by atoms with van der Waals surface area (Å²) in [5.41, 5.74) is 0. The van der Waals surface area contributed by atoms with Gasteiger partial charge in [-0.15, -0.1) is 11.6 Å². The van der Waals surface area contributed by atoms with Crippen molar-refractivity contribution >= 4 is 21.6 Å². The van der Waals surface area contributed by atoms with Crippen LogP contribution in [0.2, 0.25) is 0 Å². The molecule has 0 aliphatic carbocycles. The van der Waals surface area contributed by atoms with Gasteiger partial charge in [0.25, 0.3) is 0 Å². The predicted molar refractivity (Wildman–Crippen MR) is 61.2 cm³/mol. The second-order valence-corrected chi connectivity index (χ2v) is 6.20. The Labute approximate surface area is 92.3 Å². The number of alkyl halides is 1. The third-order valence-corrected chi connectivity index (χ3v) is 3.84. The highest BCUT2D eigenvalue weighted by molar-refractivity contribution is 7.89. The summed E-state index contributed by atoms with van der Waals surface area (Å²) in [5, 5.41) is 0. The van der Waals surface area contributed by atoms with Crippen molar-refractivity contribution in [1.29, 1.82) is 0 Å². The molecule has 0 aliphatic rings. The fraction of sp³-hybridized carbons (Fsp3) is 1.00. The van der Waals surface area contributed by atoms with Crippen molar-refractivity contribution in [3.63, 3.8) is 0 Å². The van der Waals surface area contributed by atoms with Gasteiger partial charge in [-0.3, -0.25) is 0 Å². The molecule has 1 N–H and O–H groups in total. The molecule has 0 radical (unpaired) electrons. The molecule has 5 heteroatoms. The van der Waals surface area contributed by atoms with E-state index in [1.165, 1.54) is 0 Å². The molecule has 0 aromatic carbocycles. The molecule has 0 saturated carbocycles. The zero-order valence-corrected chi connectivity index (χ0v) is 10.7. The lowest BCUT2D eigenvalue weighted by Crippen LogP contribution is -2.35. The Morgan fingerprint density at radius 2 is 1.86 bits per heavy atom. The van der Waals surface area contributed by atoms with Gasteiger partial charge in [-0.1, -0.05) is 13.8 Å². The molecule has 1 atom stereocenters. The molecule has 0 aromatic rings. The van der Waals surface area contributed by atoms with Gasteiger partial charge in [0.05, 0.1) is 5.75 Å². The smallest absolute Gasteiger partial charge is 0.212 e. The Morgan fingerprint density at radius 3 is 2.29 bits per heavy atom.